The predicted octanol–water partition coefficient (Wildman–Crippen LogP) is 1.04. The van der Waals surface area contributed by atoms with E-state index in [0.717, 1.165) is 5.57 Å². The van der Waals surface area contributed by atoms with E-state index in [4.69, 9.17) is 18.6 Å². The summed E-state index contributed by atoms with van der Waals surface area (Å²) in [5.41, 5.74) is 1.15. The largest absolute Gasteiger partial charge is 0.488 e. The van der Waals surface area contributed by atoms with Crippen molar-refractivity contribution in [2.75, 3.05) is 13.2 Å². The van der Waals surface area contributed by atoms with Crippen LogP contribution in [0.15, 0.2) is 33.0 Å². The van der Waals surface area contributed by atoms with Crippen LogP contribution in [0.25, 0.3) is 11.0 Å². The van der Waals surface area contributed by atoms with Crippen LogP contribution in [0.1, 0.15) is 44.7 Å². The van der Waals surface area contributed by atoms with Gasteiger partial charge in [-0.3, -0.25) is 0 Å². The molecule has 0 radical (unpaired) electrons. The van der Waals surface area contributed by atoms with Crippen LogP contribution in [0.2, 0.25) is 0 Å². The van der Waals surface area contributed by atoms with Crippen molar-refractivity contribution < 1.29 is 44.2 Å². The zero-order chi connectivity index (χ0) is 26.4. The molecule has 198 valence electrons. The number of aliphatic hydroxyl groups excluding tert-OH is 5. The molecule has 0 bridgehead atoms. The standard InChI is InChI=1S/C26H34O10/c1-12(10-27)6-5-7-26(4)14(3)33-23-18-13(2)8-15(9-16(18)35-24(32)19(23)26)34-25-22(31)21(30)20(29)17(11-28)36-25/h6,8-9,14,17,20-22,25,27-31H,5,7,10-11H2,1-4H3/t14-,17-,20-,21+,22-,25-,26-/m1/s1. The van der Waals surface area contributed by atoms with Crippen LogP contribution in [0, 0.1) is 6.92 Å². The van der Waals surface area contributed by atoms with Crippen LogP contribution in [0.4, 0.5) is 0 Å². The van der Waals surface area contributed by atoms with E-state index < -0.39 is 48.4 Å². The minimum Gasteiger partial charge on any atom is -0.488 e. The van der Waals surface area contributed by atoms with Crippen LogP contribution in [0.3, 0.4) is 0 Å². The first kappa shape index (κ1) is 26.6. The van der Waals surface area contributed by atoms with Gasteiger partial charge in [0.2, 0.25) is 6.29 Å². The zero-order valence-corrected chi connectivity index (χ0v) is 20.8. The fraction of sp³-hybridized carbons (Fsp3) is 0.577. The molecule has 0 amide bonds. The van der Waals surface area contributed by atoms with E-state index in [2.05, 4.69) is 0 Å². The molecule has 1 fully saturated rings. The summed E-state index contributed by atoms with van der Waals surface area (Å²) in [5, 5.41) is 49.6. The number of benzene rings is 1. The molecule has 1 aromatic carbocycles. The first-order valence-electron chi connectivity index (χ1n) is 12.0. The Morgan fingerprint density at radius 2 is 1.89 bits per heavy atom. The molecule has 0 spiro atoms. The lowest BCUT2D eigenvalue weighted by Gasteiger charge is -2.39. The molecule has 0 unspecified atom stereocenters. The fourth-order valence-electron chi connectivity index (χ4n) is 4.96. The quantitative estimate of drug-likeness (QED) is 0.271. The summed E-state index contributed by atoms with van der Waals surface area (Å²) in [4.78, 5) is 13.2. The van der Waals surface area contributed by atoms with Gasteiger partial charge in [-0.15, -0.1) is 0 Å². The van der Waals surface area contributed by atoms with Crippen molar-refractivity contribution in [3.05, 3.63) is 45.3 Å². The van der Waals surface area contributed by atoms with Crippen molar-refractivity contribution in [3.8, 4) is 11.5 Å². The lowest BCUT2D eigenvalue weighted by molar-refractivity contribution is -0.277. The summed E-state index contributed by atoms with van der Waals surface area (Å²) in [6.07, 6.45) is -4.16. The highest BCUT2D eigenvalue weighted by Gasteiger charge is 2.47. The van der Waals surface area contributed by atoms with Crippen molar-refractivity contribution in [2.24, 2.45) is 0 Å². The first-order valence-corrected chi connectivity index (χ1v) is 12.0. The Hall–Kier alpha value is -2.47. The number of allylic oxidation sites excluding steroid dienone is 1. The lowest BCUT2D eigenvalue weighted by atomic mass is 9.76. The van der Waals surface area contributed by atoms with Gasteiger partial charge in [0.25, 0.3) is 0 Å². The highest BCUT2D eigenvalue weighted by molar-refractivity contribution is 5.90. The Morgan fingerprint density at radius 3 is 2.56 bits per heavy atom. The van der Waals surface area contributed by atoms with Gasteiger partial charge in [-0.2, -0.15) is 0 Å². The summed E-state index contributed by atoms with van der Waals surface area (Å²) < 4.78 is 23.1. The van der Waals surface area contributed by atoms with E-state index in [1.165, 1.54) is 6.07 Å². The normalized spacial score (nSPS) is 32.4. The molecule has 10 nitrogen and oxygen atoms in total. The van der Waals surface area contributed by atoms with Crippen molar-refractivity contribution >= 4 is 11.0 Å². The molecular formula is C26H34O10. The monoisotopic (exact) mass is 506 g/mol. The van der Waals surface area contributed by atoms with Gasteiger partial charge in [-0.05, 0) is 45.2 Å². The number of fused-ring (bicyclic) bond motifs is 3. The van der Waals surface area contributed by atoms with E-state index in [1.54, 1.807) is 13.0 Å². The number of ether oxygens (including phenoxy) is 3. The molecule has 4 rings (SSSR count). The SMILES string of the molecule is CC(=CCC[C@@]1(C)c2c(c3c(C)cc(O[C@@H]4O[C@H](CO)[C@@H](O)[C@H](O)[C@H]4O)cc3oc2=O)O[C@@H]1C)CO. The molecule has 2 aromatic rings. The van der Waals surface area contributed by atoms with Crippen molar-refractivity contribution in [1.29, 1.82) is 0 Å². The molecule has 2 aliphatic heterocycles. The molecule has 1 saturated heterocycles. The summed E-state index contributed by atoms with van der Waals surface area (Å²) >= 11 is 0. The average molecular weight is 507 g/mol. The maximum absolute atomic E-state index is 13.2. The first-order chi connectivity index (χ1) is 17.0. The minimum atomic E-state index is -1.58. The van der Waals surface area contributed by atoms with Gasteiger partial charge < -0.3 is 44.2 Å². The second-order valence-corrected chi connectivity index (χ2v) is 9.95. The van der Waals surface area contributed by atoms with Gasteiger partial charge in [0.1, 0.15) is 47.6 Å². The Balaban J connectivity index is 1.68. The predicted molar refractivity (Wildman–Crippen MR) is 129 cm³/mol. The van der Waals surface area contributed by atoms with Crippen molar-refractivity contribution in [2.45, 2.75) is 82.8 Å². The third-order valence-corrected chi connectivity index (χ3v) is 7.40. The molecule has 3 heterocycles. The summed E-state index contributed by atoms with van der Waals surface area (Å²) in [5.74, 6) is 0.668. The van der Waals surface area contributed by atoms with Crippen LogP contribution in [-0.2, 0) is 10.2 Å². The van der Waals surface area contributed by atoms with Crippen molar-refractivity contribution in [1.82, 2.24) is 0 Å². The highest BCUT2D eigenvalue weighted by Crippen LogP contribution is 2.48. The van der Waals surface area contributed by atoms with E-state index >= 15 is 0 Å². The molecule has 2 aliphatic rings. The summed E-state index contributed by atoms with van der Waals surface area (Å²) in [7, 11) is 0. The maximum atomic E-state index is 13.2. The molecule has 5 N–H and O–H groups in total. The second kappa shape index (κ2) is 10.1. The fourth-order valence-corrected chi connectivity index (χ4v) is 4.96. The van der Waals surface area contributed by atoms with Gasteiger partial charge in [0, 0.05) is 11.5 Å². The topological polar surface area (TPSA) is 159 Å². The van der Waals surface area contributed by atoms with Gasteiger partial charge in [-0.1, -0.05) is 18.6 Å². The molecular weight excluding hydrogens is 472 g/mol. The lowest BCUT2D eigenvalue weighted by Crippen LogP contribution is -2.60. The van der Waals surface area contributed by atoms with Crippen LogP contribution in [-0.4, -0.2) is 75.6 Å². The summed E-state index contributed by atoms with van der Waals surface area (Å²) in [6, 6.07) is 3.14. The Bertz CT molecular complexity index is 1200. The zero-order valence-electron chi connectivity index (χ0n) is 20.8. The second-order valence-electron chi connectivity index (χ2n) is 9.95. The molecule has 36 heavy (non-hydrogen) atoms. The van der Waals surface area contributed by atoms with E-state index in [-0.39, 0.29) is 24.0 Å². The van der Waals surface area contributed by atoms with Crippen LogP contribution in [0.5, 0.6) is 11.5 Å². The van der Waals surface area contributed by atoms with Crippen LogP contribution >= 0.6 is 0 Å². The third-order valence-electron chi connectivity index (χ3n) is 7.40. The number of hydrogen-bond donors (Lipinski definition) is 5. The number of rotatable bonds is 7. The molecule has 10 heteroatoms. The third kappa shape index (κ3) is 4.53. The Labute approximate surface area is 208 Å². The van der Waals surface area contributed by atoms with E-state index in [0.29, 0.717) is 35.1 Å². The Kier molecular flexibility index (Phi) is 7.47. The van der Waals surface area contributed by atoms with Crippen molar-refractivity contribution in [3.63, 3.8) is 0 Å². The van der Waals surface area contributed by atoms with E-state index in [1.807, 2.05) is 26.8 Å². The molecule has 0 saturated carbocycles. The van der Waals surface area contributed by atoms with E-state index in [9.17, 15) is 30.3 Å². The van der Waals surface area contributed by atoms with Gasteiger partial charge >= 0.3 is 5.63 Å². The molecule has 7 atom stereocenters. The van der Waals surface area contributed by atoms with Gasteiger partial charge in [-0.25, -0.2) is 4.79 Å². The number of aliphatic hydroxyl groups is 5. The van der Waals surface area contributed by atoms with Crippen LogP contribution < -0.4 is 15.1 Å². The minimum absolute atomic E-state index is 0.0150. The van der Waals surface area contributed by atoms with Gasteiger partial charge in [0.05, 0.1) is 24.2 Å². The number of hydrogen-bond acceptors (Lipinski definition) is 10. The molecule has 0 aliphatic carbocycles. The van der Waals surface area contributed by atoms with Gasteiger partial charge in [0.15, 0.2) is 0 Å². The highest BCUT2D eigenvalue weighted by atomic mass is 16.7. The smallest absolute Gasteiger partial charge is 0.343 e. The molecule has 1 aromatic heterocycles. The summed E-state index contributed by atoms with van der Waals surface area (Å²) in [6.45, 7) is 6.95. The maximum Gasteiger partial charge on any atom is 0.343 e. The number of aryl methyl sites for hydroxylation is 1. The average Bonchev–Trinajstić information content (AvgIpc) is 3.09. The Morgan fingerprint density at radius 1 is 1.17 bits per heavy atom.